The molecule has 2 atom stereocenters. The van der Waals surface area contributed by atoms with Crippen LogP contribution in [-0.2, 0) is 0 Å². The predicted molar refractivity (Wildman–Crippen MR) is 92.7 cm³/mol. The first-order chi connectivity index (χ1) is 9.42. The summed E-state index contributed by atoms with van der Waals surface area (Å²) >= 11 is 1.75. The van der Waals surface area contributed by atoms with Gasteiger partial charge in [0, 0.05) is 16.6 Å². The Morgan fingerprint density at radius 3 is 2.40 bits per heavy atom. The second-order valence-electron chi connectivity index (χ2n) is 6.08. The molecule has 110 valence electrons. The minimum Gasteiger partial charge on any atom is -0.392 e. The molecule has 0 fully saturated rings. The SMILES string of the molecule is CCC[C@H](O)[C@@H](CC#C[Si](C)(C)C)Sc1ccccc1. The molecule has 0 spiro atoms. The minimum atomic E-state index is -1.32. The van der Waals surface area contributed by atoms with Crippen LogP contribution in [0.15, 0.2) is 35.2 Å². The Morgan fingerprint density at radius 1 is 1.20 bits per heavy atom. The van der Waals surface area contributed by atoms with Crippen molar-refractivity contribution < 1.29 is 5.11 Å². The van der Waals surface area contributed by atoms with E-state index in [9.17, 15) is 5.11 Å². The number of rotatable bonds is 6. The van der Waals surface area contributed by atoms with Gasteiger partial charge in [-0.2, -0.15) is 0 Å². The van der Waals surface area contributed by atoms with Gasteiger partial charge in [-0.05, 0) is 18.6 Å². The first kappa shape index (κ1) is 17.4. The smallest absolute Gasteiger partial charge is 0.129 e. The maximum Gasteiger partial charge on any atom is 0.129 e. The van der Waals surface area contributed by atoms with Crippen molar-refractivity contribution in [2.24, 2.45) is 0 Å². The molecule has 0 saturated carbocycles. The first-order valence-corrected chi connectivity index (χ1v) is 11.7. The van der Waals surface area contributed by atoms with Crippen molar-refractivity contribution in [1.29, 1.82) is 0 Å². The molecule has 1 rings (SSSR count). The third-order valence-corrected chi connectivity index (χ3v) is 5.07. The average Bonchev–Trinajstić information content (AvgIpc) is 2.37. The zero-order chi connectivity index (χ0) is 15.0. The van der Waals surface area contributed by atoms with E-state index in [0.29, 0.717) is 0 Å². The van der Waals surface area contributed by atoms with E-state index in [1.165, 1.54) is 4.90 Å². The standard InChI is InChI=1S/C17H26OSSi/c1-5-10-16(18)17(13-9-14-20(2,3)4)19-15-11-7-6-8-12-15/h6-8,11-12,16-18H,5,10,13H2,1-4H3/t16-,17+/m0/s1. The molecule has 0 amide bonds. The molecule has 20 heavy (non-hydrogen) atoms. The van der Waals surface area contributed by atoms with Crippen LogP contribution in [-0.4, -0.2) is 24.5 Å². The summed E-state index contributed by atoms with van der Waals surface area (Å²) in [6, 6.07) is 10.3. The van der Waals surface area contributed by atoms with Gasteiger partial charge in [-0.1, -0.05) is 51.2 Å². The Balaban J connectivity index is 2.72. The van der Waals surface area contributed by atoms with Crippen LogP contribution in [0.4, 0.5) is 0 Å². The van der Waals surface area contributed by atoms with Crippen molar-refractivity contribution in [2.45, 2.75) is 62.1 Å². The summed E-state index contributed by atoms with van der Waals surface area (Å²) in [5.41, 5.74) is 3.40. The summed E-state index contributed by atoms with van der Waals surface area (Å²) in [6.07, 6.45) is 2.35. The van der Waals surface area contributed by atoms with E-state index in [4.69, 9.17) is 0 Å². The maximum absolute atomic E-state index is 10.3. The second kappa shape index (κ2) is 8.56. The molecule has 0 aliphatic rings. The van der Waals surface area contributed by atoms with Crippen LogP contribution in [0.25, 0.3) is 0 Å². The van der Waals surface area contributed by atoms with E-state index in [2.05, 4.69) is 50.2 Å². The molecule has 0 aromatic heterocycles. The second-order valence-corrected chi connectivity index (χ2v) is 12.1. The number of hydrogen-bond acceptors (Lipinski definition) is 2. The first-order valence-electron chi connectivity index (χ1n) is 7.32. The van der Waals surface area contributed by atoms with Gasteiger partial charge in [0.2, 0.25) is 0 Å². The Hall–Kier alpha value is -0.693. The Kier molecular flexibility index (Phi) is 7.43. The molecule has 0 radical (unpaired) electrons. The van der Waals surface area contributed by atoms with E-state index >= 15 is 0 Å². The normalized spacial score (nSPS) is 14.2. The molecule has 0 unspecified atom stereocenters. The number of aliphatic hydroxyl groups is 1. The molecule has 0 bridgehead atoms. The summed E-state index contributed by atoms with van der Waals surface area (Å²) in [4.78, 5) is 1.21. The van der Waals surface area contributed by atoms with E-state index in [1.807, 2.05) is 18.2 Å². The van der Waals surface area contributed by atoms with Gasteiger partial charge in [-0.3, -0.25) is 0 Å². The monoisotopic (exact) mass is 306 g/mol. The highest BCUT2D eigenvalue weighted by molar-refractivity contribution is 8.00. The third-order valence-electron chi connectivity index (χ3n) is 2.81. The van der Waals surface area contributed by atoms with E-state index in [1.54, 1.807) is 11.8 Å². The van der Waals surface area contributed by atoms with Crippen molar-refractivity contribution in [3.8, 4) is 11.5 Å². The van der Waals surface area contributed by atoms with Crippen molar-refractivity contribution in [2.75, 3.05) is 0 Å². The van der Waals surface area contributed by atoms with Crippen LogP contribution in [0, 0.1) is 11.5 Å². The van der Waals surface area contributed by atoms with Crippen molar-refractivity contribution >= 4 is 19.8 Å². The molecule has 1 aromatic carbocycles. The fourth-order valence-electron chi connectivity index (χ4n) is 1.83. The number of benzene rings is 1. The van der Waals surface area contributed by atoms with Gasteiger partial charge in [-0.15, -0.1) is 23.2 Å². The minimum absolute atomic E-state index is 0.168. The lowest BCUT2D eigenvalue weighted by Gasteiger charge is -2.20. The lowest BCUT2D eigenvalue weighted by atomic mass is 10.1. The lowest BCUT2D eigenvalue weighted by molar-refractivity contribution is 0.161. The number of aliphatic hydroxyl groups excluding tert-OH is 1. The van der Waals surface area contributed by atoms with Gasteiger partial charge in [-0.25, -0.2) is 0 Å². The van der Waals surface area contributed by atoms with Crippen molar-refractivity contribution in [3.05, 3.63) is 30.3 Å². The number of hydrogen-bond donors (Lipinski definition) is 1. The molecule has 3 heteroatoms. The quantitative estimate of drug-likeness (QED) is 0.471. The molecular weight excluding hydrogens is 280 g/mol. The Morgan fingerprint density at radius 2 is 1.85 bits per heavy atom. The Labute approximate surface area is 129 Å². The lowest BCUT2D eigenvalue weighted by Crippen LogP contribution is -2.23. The fraction of sp³-hybridized carbons (Fsp3) is 0.529. The van der Waals surface area contributed by atoms with Crippen molar-refractivity contribution in [3.63, 3.8) is 0 Å². The van der Waals surface area contributed by atoms with Gasteiger partial charge in [0.1, 0.15) is 8.07 Å². The summed E-state index contributed by atoms with van der Waals surface area (Å²) in [7, 11) is -1.32. The van der Waals surface area contributed by atoms with Crippen LogP contribution in [0.1, 0.15) is 26.2 Å². The largest absolute Gasteiger partial charge is 0.392 e. The molecule has 0 aliphatic heterocycles. The van der Waals surface area contributed by atoms with Crippen LogP contribution in [0.5, 0.6) is 0 Å². The van der Waals surface area contributed by atoms with E-state index in [0.717, 1.165) is 19.3 Å². The molecule has 0 heterocycles. The van der Waals surface area contributed by atoms with Gasteiger partial charge in [0.15, 0.2) is 0 Å². The summed E-state index contributed by atoms with van der Waals surface area (Å²) in [5.74, 6) is 3.32. The van der Waals surface area contributed by atoms with Crippen LogP contribution in [0.2, 0.25) is 19.6 Å². The average molecular weight is 307 g/mol. The topological polar surface area (TPSA) is 20.2 Å². The molecule has 1 N–H and O–H groups in total. The molecule has 1 nitrogen and oxygen atoms in total. The van der Waals surface area contributed by atoms with Crippen molar-refractivity contribution in [1.82, 2.24) is 0 Å². The highest BCUT2D eigenvalue weighted by Gasteiger charge is 2.19. The Bertz CT molecular complexity index is 442. The predicted octanol–water partition coefficient (Wildman–Crippen LogP) is 4.58. The summed E-state index contributed by atoms with van der Waals surface area (Å²) in [5, 5.41) is 10.5. The molecule has 1 aromatic rings. The van der Waals surface area contributed by atoms with Crippen LogP contribution < -0.4 is 0 Å². The third kappa shape index (κ3) is 7.19. The summed E-state index contributed by atoms with van der Waals surface area (Å²) in [6.45, 7) is 8.87. The van der Waals surface area contributed by atoms with E-state index < -0.39 is 8.07 Å². The van der Waals surface area contributed by atoms with Gasteiger partial charge in [0.05, 0.1) is 6.10 Å². The number of thioether (sulfide) groups is 1. The summed E-state index contributed by atoms with van der Waals surface area (Å²) < 4.78 is 0. The molecule has 0 saturated heterocycles. The highest BCUT2D eigenvalue weighted by atomic mass is 32.2. The zero-order valence-electron chi connectivity index (χ0n) is 13.0. The zero-order valence-corrected chi connectivity index (χ0v) is 14.8. The maximum atomic E-state index is 10.3. The molecular formula is C17H26OSSi. The van der Waals surface area contributed by atoms with Gasteiger partial charge in [0.25, 0.3) is 0 Å². The van der Waals surface area contributed by atoms with Crippen LogP contribution >= 0.6 is 11.8 Å². The van der Waals surface area contributed by atoms with Gasteiger partial charge >= 0.3 is 0 Å². The van der Waals surface area contributed by atoms with Gasteiger partial charge < -0.3 is 5.11 Å². The molecule has 0 aliphatic carbocycles. The van der Waals surface area contributed by atoms with E-state index in [-0.39, 0.29) is 11.4 Å². The highest BCUT2D eigenvalue weighted by Crippen LogP contribution is 2.28. The fourth-order valence-corrected chi connectivity index (χ4v) is 3.58. The van der Waals surface area contributed by atoms with Crippen LogP contribution in [0.3, 0.4) is 0 Å².